The molecule has 0 heterocycles. The van der Waals surface area contributed by atoms with E-state index in [0.717, 1.165) is 77.0 Å². The summed E-state index contributed by atoms with van der Waals surface area (Å²) in [5.74, 6) is -0.818. The summed E-state index contributed by atoms with van der Waals surface area (Å²) < 4.78 is 34.4. The van der Waals surface area contributed by atoms with Crippen molar-refractivity contribution in [3.8, 4) is 0 Å². The lowest BCUT2D eigenvalue weighted by Gasteiger charge is -2.24. The highest BCUT2D eigenvalue weighted by atomic mass is 31.2. The number of quaternary nitrogens is 1. The summed E-state index contributed by atoms with van der Waals surface area (Å²) in [6.07, 6.45) is 48.6. The van der Waals surface area contributed by atoms with Crippen LogP contribution in [0.15, 0.2) is 48.6 Å². The molecule has 59 heavy (non-hydrogen) atoms. The van der Waals surface area contributed by atoms with Crippen molar-refractivity contribution in [1.29, 1.82) is 0 Å². The predicted molar refractivity (Wildman–Crippen MR) is 247 cm³/mol. The summed E-state index contributed by atoms with van der Waals surface area (Å²) in [5, 5.41) is 0. The molecule has 0 rings (SSSR count). The lowest BCUT2D eigenvalue weighted by atomic mass is 10.1. The maximum absolute atomic E-state index is 12.7. The SMILES string of the molecule is CCCCC/C=C\C/C=C\CCCCCCCCCCCC(=O)OC(COC(=O)CCCCCCC/C=C\C/C=C\CCCCCC)COP(=O)(O)OCC[N+](C)(C)C. The van der Waals surface area contributed by atoms with Gasteiger partial charge in [0.15, 0.2) is 6.10 Å². The van der Waals surface area contributed by atoms with E-state index in [1.807, 2.05) is 21.1 Å². The molecule has 0 aliphatic carbocycles. The van der Waals surface area contributed by atoms with Crippen LogP contribution < -0.4 is 0 Å². The number of rotatable bonds is 43. The van der Waals surface area contributed by atoms with Gasteiger partial charge in [-0.25, -0.2) is 4.57 Å². The Morgan fingerprint density at radius 1 is 0.525 bits per heavy atom. The van der Waals surface area contributed by atoms with Gasteiger partial charge < -0.3 is 18.9 Å². The summed E-state index contributed by atoms with van der Waals surface area (Å²) in [5.41, 5.74) is 0. The number of allylic oxidation sites excluding steroid dienone is 8. The number of phosphoric acid groups is 1. The van der Waals surface area contributed by atoms with E-state index in [4.69, 9.17) is 18.5 Å². The third kappa shape index (κ3) is 45.3. The first kappa shape index (κ1) is 57.0. The number of nitrogens with zero attached hydrogens (tertiary/aromatic N) is 1. The fraction of sp³-hybridized carbons (Fsp3) is 0.796. The average molecular weight is 853 g/mol. The number of unbranched alkanes of at least 4 members (excludes halogenated alkanes) is 21. The van der Waals surface area contributed by atoms with Crippen molar-refractivity contribution in [1.82, 2.24) is 0 Å². The van der Waals surface area contributed by atoms with Crippen LogP contribution in [0.4, 0.5) is 0 Å². The standard InChI is InChI=1S/C49H90NO8P/c1-6-8-10-12-14-16-18-20-22-24-25-26-28-30-32-34-36-38-40-42-49(52)58-47(46-57-59(53,54)56-44-43-50(3,4)5)45-55-48(51)41-39-37-35-33-31-29-27-23-21-19-17-15-13-11-9-7-2/h14,16-17,19-20,22-23,27,47H,6-13,15,18,21,24-26,28-46H2,1-5H3/p+1/b16-14-,19-17-,22-20-,27-23-. The maximum atomic E-state index is 12.7. The smallest absolute Gasteiger partial charge is 0.462 e. The van der Waals surface area contributed by atoms with E-state index in [1.54, 1.807) is 0 Å². The third-order valence-electron chi connectivity index (χ3n) is 10.1. The van der Waals surface area contributed by atoms with Gasteiger partial charge in [-0.3, -0.25) is 18.6 Å². The molecular formula is C49H91NO8P+. The van der Waals surface area contributed by atoms with Gasteiger partial charge in [0.25, 0.3) is 0 Å². The van der Waals surface area contributed by atoms with Crippen LogP contribution >= 0.6 is 7.82 Å². The van der Waals surface area contributed by atoms with Gasteiger partial charge in [-0.05, 0) is 77.0 Å². The Bertz CT molecular complexity index is 1150. The van der Waals surface area contributed by atoms with E-state index in [1.165, 1.54) is 89.9 Å². The van der Waals surface area contributed by atoms with Gasteiger partial charge in [0.2, 0.25) is 0 Å². The van der Waals surface area contributed by atoms with Gasteiger partial charge in [0, 0.05) is 12.8 Å². The Kier molecular flexibility index (Phi) is 39.9. The summed E-state index contributed by atoms with van der Waals surface area (Å²) >= 11 is 0. The van der Waals surface area contributed by atoms with E-state index in [9.17, 15) is 19.0 Å². The second kappa shape index (κ2) is 41.3. The molecule has 0 aromatic heterocycles. The molecule has 2 unspecified atom stereocenters. The van der Waals surface area contributed by atoms with Gasteiger partial charge >= 0.3 is 19.8 Å². The topological polar surface area (TPSA) is 108 Å². The van der Waals surface area contributed by atoms with E-state index >= 15 is 0 Å². The van der Waals surface area contributed by atoms with E-state index in [-0.39, 0.29) is 32.0 Å². The molecule has 0 fully saturated rings. The van der Waals surface area contributed by atoms with Crippen LogP contribution in [0, 0.1) is 0 Å². The van der Waals surface area contributed by atoms with Crippen molar-refractivity contribution in [2.45, 2.75) is 206 Å². The molecule has 2 atom stereocenters. The lowest BCUT2D eigenvalue weighted by Crippen LogP contribution is -2.37. The molecule has 0 saturated heterocycles. The number of carbonyl (C=O) groups is 2. The fourth-order valence-electron chi connectivity index (χ4n) is 6.31. The van der Waals surface area contributed by atoms with Crippen LogP contribution in [0.25, 0.3) is 0 Å². The minimum absolute atomic E-state index is 0.0273. The first-order chi connectivity index (χ1) is 28.5. The van der Waals surface area contributed by atoms with E-state index in [0.29, 0.717) is 17.4 Å². The predicted octanol–water partition coefficient (Wildman–Crippen LogP) is 13.9. The molecule has 0 radical (unpaired) electrons. The molecule has 0 aromatic rings. The number of likely N-dealkylation sites (N-methyl/N-ethyl adjacent to an activating group) is 1. The van der Waals surface area contributed by atoms with Crippen LogP contribution in [0.3, 0.4) is 0 Å². The Morgan fingerprint density at radius 3 is 1.37 bits per heavy atom. The number of hydrogen-bond acceptors (Lipinski definition) is 7. The van der Waals surface area contributed by atoms with E-state index in [2.05, 4.69) is 62.5 Å². The molecule has 10 heteroatoms. The van der Waals surface area contributed by atoms with Crippen molar-refractivity contribution in [2.24, 2.45) is 0 Å². The zero-order valence-corrected chi connectivity index (χ0v) is 39.6. The van der Waals surface area contributed by atoms with Gasteiger partial charge in [-0.1, -0.05) is 159 Å². The van der Waals surface area contributed by atoms with Crippen LogP contribution in [-0.4, -0.2) is 74.9 Å². The first-order valence-corrected chi connectivity index (χ1v) is 25.4. The van der Waals surface area contributed by atoms with Crippen molar-refractivity contribution < 1.29 is 42.1 Å². The first-order valence-electron chi connectivity index (χ1n) is 23.9. The van der Waals surface area contributed by atoms with Crippen molar-refractivity contribution in [3.05, 3.63) is 48.6 Å². The summed E-state index contributed by atoms with van der Waals surface area (Å²) in [6, 6.07) is 0. The van der Waals surface area contributed by atoms with Gasteiger partial charge in [-0.15, -0.1) is 0 Å². The van der Waals surface area contributed by atoms with Crippen molar-refractivity contribution >= 4 is 19.8 Å². The third-order valence-corrected chi connectivity index (χ3v) is 11.1. The molecule has 0 amide bonds. The molecule has 0 aliphatic rings. The van der Waals surface area contributed by atoms with Crippen LogP contribution in [0.1, 0.15) is 200 Å². The zero-order valence-electron chi connectivity index (χ0n) is 38.7. The maximum Gasteiger partial charge on any atom is 0.472 e. The fourth-order valence-corrected chi connectivity index (χ4v) is 7.05. The number of hydrogen-bond donors (Lipinski definition) is 1. The Labute approximate surface area is 363 Å². The summed E-state index contributed by atoms with van der Waals surface area (Å²) in [6.45, 7) is 4.37. The van der Waals surface area contributed by atoms with Gasteiger partial charge in [0.1, 0.15) is 19.8 Å². The molecular weight excluding hydrogens is 762 g/mol. The van der Waals surface area contributed by atoms with Gasteiger partial charge in [-0.2, -0.15) is 0 Å². The molecule has 0 bridgehead atoms. The monoisotopic (exact) mass is 853 g/mol. The number of ether oxygens (including phenoxy) is 2. The minimum Gasteiger partial charge on any atom is -0.462 e. The average Bonchev–Trinajstić information content (AvgIpc) is 3.19. The number of carbonyl (C=O) groups excluding carboxylic acids is 2. The summed E-state index contributed by atoms with van der Waals surface area (Å²) in [7, 11) is 1.46. The highest BCUT2D eigenvalue weighted by molar-refractivity contribution is 7.47. The Morgan fingerprint density at radius 2 is 0.915 bits per heavy atom. The molecule has 0 saturated carbocycles. The van der Waals surface area contributed by atoms with Crippen molar-refractivity contribution in [3.63, 3.8) is 0 Å². The number of phosphoric ester groups is 1. The summed E-state index contributed by atoms with van der Waals surface area (Å²) in [4.78, 5) is 35.5. The Hall–Kier alpha value is -2.03. The molecule has 1 N–H and O–H groups in total. The highest BCUT2D eigenvalue weighted by Crippen LogP contribution is 2.43. The Balaban J connectivity index is 4.33. The largest absolute Gasteiger partial charge is 0.472 e. The normalized spacial score (nSPS) is 13.9. The van der Waals surface area contributed by atoms with E-state index < -0.39 is 26.5 Å². The van der Waals surface area contributed by atoms with Crippen LogP contribution in [0.5, 0.6) is 0 Å². The molecule has 0 spiro atoms. The molecule has 9 nitrogen and oxygen atoms in total. The second-order valence-corrected chi connectivity index (χ2v) is 18.6. The lowest BCUT2D eigenvalue weighted by molar-refractivity contribution is -0.870. The highest BCUT2D eigenvalue weighted by Gasteiger charge is 2.27. The van der Waals surface area contributed by atoms with Gasteiger partial charge in [0.05, 0.1) is 27.7 Å². The van der Waals surface area contributed by atoms with Crippen molar-refractivity contribution in [2.75, 3.05) is 47.5 Å². The molecule has 344 valence electrons. The number of esters is 2. The quantitative estimate of drug-likeness (QED) is 0.0212. The zero-order chi connectivity index (χ0) is 43.6. The van der Waals surface area contributed by atoms with Crippen LogP contribution in [0.2, 0.25) is 0 Å². The molecule has 0 aromatic carbocycles. The minimum atomic E-state index is -4.38. The second-order valence-electron chi connectivity index (χ2n) is 17.1. The van der Waals surface area contributed by atoms with Crippen LogP contribution in [-0.2, 0) is 32.7 Å². The molecule has 0 aliphatic heterocycles.